The molecule has 20 heavy (non-hydrogen) atoms. The second kappa shape index (κ2) is 6.70. The van der Waals surface area contributed by atoms with Crippen molar-refractivity contribution in [3.05, 3.63) is 21.7 Å². The van der Waals surface area contributed by atoms with Crippen LogP contribution in [-0.4, -0.2) is 45.8 Å². The molecule has 0 saturated heterocycles. The van der Waals surface area contributed by atoms with Crippen molar-refractivity contribution in [1.29, 1.82) is 0 Å². The number of nitrogens with zero attached hydrogens (tertiary/aromatic N) is 1. The number of rotatable bonds is 4. The van der Waals surface area contributed by atoms with Crippen LogP contribution in [-0.2, 0) is 4.79 Å². The van der Waals surface area contributed by atoms with E-state index < -0.39 is 23.6 Å². The molecule has 1 rings (SSSR count). The molecule has 0 spiro atoms. The number of hydrogen-bond acceptors (Lipinski definition) is 6. The maximum Gasteiger partial charge on any atom is 0.346 e. The first-order chi connectivity index (χ1) is 9.35. The molecule has 0 radical (unpaired) electrons. The standard InChI is InChI=1S/C10H12N4O5S/c1-4-6(8(16)17)7(14-10(19)12-4)20-3-5(15)13-9(18)11-2/h3H2,1-2H3,(H,16,17)(H,12,14,19)(H2,11,13,15,18). The predicted octanol–water partition coefficient (Wildman–Crippen LogP) is -0.676. The van der Waals surface area contributed by atoms with Crippen LogP contribution in [0.25, 0.3) is 0 Å². The Morgan fingerprint density at radius 3 is 2.60 bits per heavy atom. The molecule has 0 fully saturated rings. The lowest BCUT2D eigenvalue weighted by molar-refractivity contribution is -0.117. The van der Waals surface area contributed by atoms with Gasteiger partial charge in [-0.05, 0) is 6.92 Å². The van der Waals surface area contributed by atoms with E-state index in [1.807, 2.05) is 5.32 Å². The quantitative estimate of drug-likeness (QED) is 0.426. The highest BCUT2D eigenvalue weighted by molar-refractivity contribution is 8.00. The first-order valence-corrected chi connectivity index (χ1v) is 6.32. The van der Waals surface area contributed by atoms with Gasteiger partial charge in [0.1, 0.15) is 10.6 Å². The predicted molar refractivity (Wildman–Crippen MR) is 69.9 cm³/mol. The van der Waals surface area contributed by atoms with Crippen molar-refractivity contribution in [2.45, 2.75) is 11.9 Å². The molecule has 4 N–H and O–H groups in total. The number of H-pyrrole nitrogens is 1. The van der Waals surface area contributed by atoms with Gasteiger partial charge in [0.25, 0.3) is 0 Å². The van der Waals surface area contributed by atoms with Crippen LogP contribution >= 0.6 is 11.8 Å². The molecule has 0 atom stereocenters. The Balaban J connectivity index is 2.87. The maximum absolute atomic E-state index is 11.4. The molecule has 0 aliphatic carbocycles. The van der Waals surface area contributed by atoms with Gasteiger partial charge < -0.3 is 15.4 Å². The van der Waals surface area contributed by atoms with E-state index in [2.05, 4.69) is 15.3 Å². The number of carbonyl (C=O) groups excluding carboxylic acids is 2. The SMILES string of the molecule is CNC(=O)NC(=O)CSc1nc(=O)[nH]c(C)c1C(=O)O. The summed E-state index contributed by atoms with van der Waals surface area (Å²) in [6.07, 6.45) is 0. The molecular weight excluding hydrogens is 288 g/mol. The topological polar surface area (TPSA) is 141 Å². The highest BCUT2D eigenvalue weighted by atomic mass is 32.2. The summed E-state index contributed by atoms with van der Waals surface area (Å²) < 4.78 is 0. The number of amides is 3. The molecule has 0 saturated carbocycles. The van der Waals surface area contributed by atoms with E-state index in [0.29, 0.717) is 0 Å². The molecular formula is C10H12N4O5S. The highest BCUT2D eigenvalue weighted by Gasteiger charge is 2.18. The van der Waals surface area contributed by atoms with Crippen molar-refractivity contribution in [2.75, 3.05) is 12.8 Å². The van der Waals surface area contributed by atoms with Crippen LogP contribution in [0, 0.1) is 6.92 Å². The average Bonchev–Trinajstić information content (AvgIpc) is 2.34. The van der Waals surface area contributed by atoms with Gasteiger partial charge in [0.2, 0.25) is 5.91 Å². The van der Waals surface area contributed by atoms with Crippen molar-refractivity contribution in [3.63, 3.8) is 0 Å². The van der Waals surface area contributed by atoms with E-state index in [9.17, 15) is 19.2 Å². The Morgan fingerprint density at radius 2 is 2.05 bits per heavy atom. The van der Waals surface area contributed by atoms with Crippen LogP contribution in [0.2, 0.25) is 0 Å². The van der Waals surface area contributed by atoms with Crippen molar-refractivity contribution >= 4 is 29.7 Å². The van der Waals surface area contributed by atoms with Crippen LogP contribution in [0.4, 0.5) is 4.79 Å². The number of nitrogens with one attached hydrogen (secondary N) is 3. The second-order valence-electron chi connectivity index (χ2n) is 3.57. The zero-order chi connectivity index (χ0) is 15.3. The Hall–Kier alpha value is -2.36. The van der Waals surface area contributed by atoms with Crippen molar-refractivity contribution in [1.82, 2.24) is 20.6 Å². The number of hydrogen-bond donors (Lipinski definition) is 4. The van der Waals surface area contributed by atoms with E-state index in [0.717, 1.165) is 11.8 Å². The molecule has 9 nitrogen and oxygen atoms in total. The van der Waals surface area contributed by atoms with Crippen LogP contribution in [0.1, 0.15) is 16.1 Å². The third-order valence-electron chi connectivity index (χ3n) is 2.12. The lowest BCUT2D eigenvalue weighted by Gasteiger charge is -2.07. The monoisotopic (exact) mass is 300 g/mol. The maximum atomic E-state index is 11.4. The molecule has 0 unspecified atom stereocenters. The van der Waals surface area contributed by atoms with Gasteiger partial charge >= 0.3 is 17.7 Å². The lowest BCUT2D eigenvalue weighted by Crippen LogP contribution is -2.38. The summed E-state index contributed by atoms with van der Waals surface area (Å²) in [5.74, 6) is -2.14. The lowest BCUT2D eigenvalue weighted by atomic mass is 10.2. The number of carbonyl (C=O) groups is 3. The number of aromatic amines is 1. The summed E-state index contributed by atoms with van der Waals surface area (Å²) in [6, 6.07) is -0.677. The minimum absolute atomic E-state index is 0.0780. The summed E-state index contributed by atoms with van der Waals surface area (Å²) in [4.78, 5) is 50.4. The van der Waals surface area contributed by atoms with Gasteiger partial charge in [0.05, 0.1) is 5.75 Å². The summed E-state index contributed by atoms with van der Waals surface area (Å²) in [6.45, 7) is 1.42. The number of aromatic carboxylic acids is 1. The van der Waals surface area contributed by atoms with Gasteiger partial charge in [-0.15, -0.1) is 0 Å². The largest absolute Gasteiger partial charge is 0.478 e. The molecule has 0 aromatic carbocycles. The molecule has 1 aromatic heterocycles. The molecule has 1 heterocycles. The third-order valence-corrected chi connectivity index (χ3v) is 3.10. The number of aryl methyl sites for hydroxylation is 1. The number of thioether (sulfide) groups is 1. The first-order valence-electron chi connectivity index (χ1n) is 5.33. The normalized spacial score (nSPS) is 9.90. The number of aromatic nitrogens is 2. The summed E-state index contributed by atoms with van der Waals surface area (Å²) >= 11 is 0.760. The minimum Gasteiger partial charge on any atom is -0.478 e. The zero-order valence-corrected chi connectivity index (χ0v) is 11.5. The van der Waals surface area contributed by atoms with Crippen LogP contribution in [0.15, 0.2) is 9.82 Å². The second-order valence-corrected chi connectivity index (χ2v) is 4.53. The van der Waals surface area contributed by atoms with Gasteiger partial charge in [0, 0.05) is 12.7 Å². The van der Waals surface area contributed by atoms with Crippen LogP contribution < -0.4 is 16.3 Å². The molecule has 0 bridgehead atoms. The molecule has 108 valence electrons. The smallest absolute Gasteiger partial charge is 0.346 e. The molecule has 0 aliphatic rings. The Bertz CT molecular complexity index is 612. The summed E-state index contributed by atoms with van der Waals surface area (Å²) in [5.41, 5.74) is -0.740. The van der Waals surface area contributed by atoms with Crippen molar-refractivity contribution < 1.29 is 19.5 Å². The van der Waals surface area contributed by atoms with Gasteiger partial charge in [0.15, 0.2) is 0 Å². The first kappa shape index (κ1) is 15.7. The Labute approximate surface area is 117 Å². The van der Waals surface area contributed by atoms with E-state index in [1.165, 1.54) is 14.0 Å². The fraction of sp³-hybridized carbons (Fsp3) is 0.300. The van der Waals surface area contributed by atoms with Crippen LogP contribution in [0.3, 0.4) is 0 Å². The van der Waals surface area contributed by atoms with E-state index in [-0.39, 0.29) is 22.0 Å². The Morgan fingerprint density at radius 1 is 1.40 bits per heavy atom. The van der Waals surface area contributed by atoms with Gasteiger partial charge in [-0.25, -0.2) is 14.4 Å². The summed E-state index contributed by atoms with van der Waals surface area (Å²) in [5, 5.41) is 13.2. The van der Waals surface area contributed by atoms with Gasteiger partial charge in [-0.2, -0.15) is 4.98 Å². The fourth-order valence-electron chi connectivity index (χ4n) is 1.27. The van der Waals surface area contributed by atoms with E-state index in [4.69, 9.17) is 5.11 Å². The molecule has 0 aliphatic heterocycles. The van der Waals surface area contributed by atoms with Gasteiger partial charge in [-0.1, -0.05) is 11.8 Å². The van der Waals surface area contributed by atoms with E-state index >= 15 is 0 Å². The number of carboxylic acids is 1. The highest BCUT2D eigenvalue weighted by Crippen LogP contribution is 2.20. The van der Waals surface area contributed by atoms with E-state index in [1.54, 1.807) is 0 Å². The fourth-order valence-corrected chi connectivity index (χ4v) is 2.15. The average molecular weight is 300 g/mol. The summed E-state index contributed by atoms with van der Waals surface area (Å²) in [7, 11) is 1.35. The molecule has 1 aromatic rings. The van der Waals surface area contributed by atoms with Crippen molar-refractivity contribution in [3.8, 4) is 0 Å². The molecule has 10 heteroatoms. The van der Waals surface area contributed by atoms with Crippen molar-refractivity contribution in [2.24, 2.45) is 0 Å². The zero-order valence-electron chi connectivity index (χ0n) is 10.6. The number of carboxylic acid groups (broad SMARTS) is 1. The number of urea groups is 1. The number of imide groups is 1. The molecule has 3 amide bonds. The van der Waals surface area contributed by atoms with Gasteiger partial charge in [-0.3, -0.25) is 10.1 Å². The van der Waals surface area contributed by atoms with Crippen LogP contribution in [0.5, 0.6) is 0 Å². The third kappa shape index (κ3) is 4.09. The minimum atomic E-state index is -1.26. The Kier molecular flexibility index (Phi) is 5.26.